The third-order valence-electron chi connectivity index (χ3n) is 5.05. The second kappa shape index (κ2) is 7.21. The third-order valence-corrected chi connectivity index (χ3v) is 6.75. The molecule has 1 aliphatic rings. The largest absolute Gasteiger partial charge is 0.465 e. The number of nitrogens with two attached hydrogens (primary N) is 1. The van der Waals surface area contributed by atoms with E-state index >= 15 is 0 Å². The van der Waals surface area contributed by atoms with E-state index in [1.807, 2.05) is 6.92 Å². The quantitative estimate of drug-likeness (QED) is 0.788. The fourth-order valence-electron chi connectivity index (χ4n) is 3.37. The van der Waals surface area contributed by atoms with E-state index in [1.165, 1.54) is 13.2 Å². The lowest BCUT2D eigenvalue weighted by Gasteiger charge is -2.42. The maximum Gasteiger partial charge on any atom is 0.337 e. The topological polar surface area (TPSA) is 98.5 Å². The Morgan fingerprint density at radius 2 is 2.12 bits per heavy atom. The van der Waals surface area contributed by atoms with Crippen LogP contribution >= 0.6 is 0 Å². The Kier molecular flexibility index (Phi) is 5.67. The monoisotopic (exact) mass is 354 g/mol. The first kappa shape index (κ1) is 18.9. The minimum atomic E-state index is -3.80. The van der Waals surface area contributed by atoms with Crippen molar-refractivity contribution in [2.24, 2.45) is 11.7 Å². The van der Waals surface area contributed by atoms with Crippen molar-refractivity contribution in [2.45, 2.75) is 50.0 Å². The lowest BCUT2D eigenvalue weighted by molar-refractivity contribution is 0.0600. The molecule has 0 saturated heterocycles. The number of nitrogens with one attached hydrogen (secondary N) is 1. The van der Waals surface area contributed by atoms with Crippen molar-refractivity contribution in [3.05, 3.63) is 29.3 Å². The normalized spacial score (nSPS) is 24.6. The molecule has 24 heavy (non-hydrogen) atoms. The van der Waals surface area contributed by atoms with Gasteiger partial charge in [0.25, 0.3) is 0 Å². The Morgan fingerprint density at radius 3 is 2.71 bits per heavy atom. The average Bonchev–Trinajstić information content (AvgIpc) is 2.56. The molecular formula is C17H26N2O4S. The van der Waals surface area contributed by atoms with Gasteiger partial charge in [0.05, 0.1) is 17.6 Å². The molecule has 1 saturated carbocycles. The number of esters is 1. The Hall–Kier alpha value is -1.44. The number of benzene rings is 1. The number of sulfonamides is 1. The molecule has 2 unspecified atom stereocenters. The van der Waals surface area contributed by atoms with Crippen LogP contribution in [0.25, 0.3) is 0 Å². The summed E-state index contributed by atoms with van der Waals surface area (Å²) in [7, 11) is -2.53. The van der Waals surface area contributed by atoms with Gasteiger partial charge in [-0.05, 0) is 43.4 Å². The van der Waals surface area contributed by atoms with Gasteiger partial charge in [-0.2, -0.15) is 0 Å². The zero-order valence-corrected chi connectivity index (χ0v) is 15.3. The van der Waals surface area contributed by atoms with E-state index in [1.54, 1.807) is 19.1 Å². The van der Waals surface area contributed by atoms with Gasteiger partial charge in [0.1, 0.15) is 0 Å². The average molecular weight is 354 g/mol. The number of hydrogen-bond donors (Lipinski definition) is 2. The zero-order chi connectivity index (χ0) is 18.0. The minimum absolute atomic E-state index is 0.0935. The SMILES string of the molecule is COC(=O)c1ccc(C)c(S(=O)(=O)NC2(CN)CCCCC2C)c1. The number of hydrogen-bond acceptors (Lipinski definition) is 5. The summed E-state index contributed by atoms with van der Waals surface area (Å²) in [6, 6.07) is 4.53. The second-order valence-corrected chi connectivity index (χ2v) is 8.24. The molecule has 2 atom stereocenters. The van der Waals surface area contributed by atoms with Gasteiger partial charge in [0.15, 0.2) is 0 Å². The van der Waals surface area contributed by atoms with Crippen molar-refractivity contribution in [3.8, 4) is 0 Å². The highest BCUT2D eigenvalue weighted by molar-refractivity contribution is 7.89. The maximum absolute atomic E-state index is 13.0. The molecule has 2 rings (SSSR count). The van der Waals surface area contributed by atoms with E-state index < -0.39 is 21.5 Å². The van der Waals surface area contributed by atoms with Gasteiger partial charge in [0.2, 0.25) is 10.0 Å². The van der Waals surface area contributed by atoms with Gasteiger partial charge in [-0.15, -0.1) is 0 Å². The number of rotatable bonds is 5. The number of ether oxygens (including phenoxy) is 1. The van der Waals surface area contributed by atoms with Crippen LogP contribution in [0.4, 0.5) is 0 Å². The predicted octanol–water partition coefficient (Wildman–Crippen LogP) is 1.97. The standard InChI is InChI=1S/C17H26N2O4S/c1-12-7-8-14(16(20)23-3)10-15(12)24(21,22)19-17(11-18)9-5-4-6-13(17)2/h7-8,10,13,19H,4-6,9,11,18H2,1-3H3. The summed E-state index contributed by atoms with van der Waals surface area (Å²) in [6.07, 6.45) is 3.70. The summed E-state index contributed by atoms with van der Waals surface area (Å²) in [5.74, 6) is -0.402. The van der Waals surface area contributed by atoms with Crippen LogP contribution in [0.5, 0.6) is 0 Å². The minimum Gasteiger partial charge on any atom is -0.465 e. The van der Waals surface area contributed by atoms with Crippen molar-refractivity contribution in [2.75, 3.05) is 13.7 Å². The highest BCUT2D eigenvalue weighted by Crippen LogP contribution is 2.34. The molecule has 1 aliphatic carbocycles. The first-order valence-electron chi connectivity index (χ1n) is 8.19. The number of aryl methyl sites for hydroxylation is 1. The van der Waals surface area contributed by atoms with Crippen LogP contribution in [0.3, 0.4) is 0 Å². The van der Waals surface area contributed by atoms with Gasteiger partial charge < -0.3 is 10.5 Å². The molecule has 0 amide bonds. The van der Waals surface area contributed by atoms with E-state index in [-0.39, 0.29) is 22.9 Å². The summed E-state index contributed by atoms with van der Waals surface area (Å²) in [6.45, 7) is 3.99. The van der Waals surface area contributed by atoms with E-state index in [0.29, 0.717) is 5.56 Å². The molecule has 3 N–H and O–H groups in total. The third kappa shape index (κ3) is 3.63. The van der Waals surface area contributed by atoms with Crippen LogP contribution in [0.1, 0.15) is 48.5 Å². The molecule has 1 fully saturated rings. The molecule has 7 heteroatoms. The Morgan fingerprint density at radius 1 is 1.42 bits per heavy atom. The fraction of sp³-hybridized carbons (Fsp3) is 0.588. The van der Waals surface area contributed by atoms with Crippen molar-refractivity contribution < 1.29 is 17.9 Å². The second-order valence-electron chi connectivity index (χ2n) is 6.58. The number of carbonyl (C=O) groups excluding carboxylic acids is 1. The molecule has 0 spiro atoms. The van der Waals surface area contributed by atoms with Crippen molar-refractivity contribution in [1.82, 2.24) is 4.72 Å². The summed E-state index contributed by atoms with van der Waals surface area (Å²) in [4.78, 5) is 11.8. The highest BCUT2D eigenvalue weighted by Gasteiger charge is 2.41. The molecular weight excluding hydrogens is 328 g/mol. The van der Waals surface area contributed by atoms with E-state index in [9.17, 15) is 13.2 Å². The molecule has 1 aromatic rings. The number of methoxy groups -OCH3 is 1. The highest BCUT2D eigenvalue weighted by atomic mass is 32.2. The maximum atomic E-state index is 13.0. The summed E-state index contributed by atoms with van der Waals surface area (Å²) < 4.78 is 33.5. The molecule has 0 bridgehead atoms. The zero-order valence-electron chi connectivity index (χ0n) is 14.5. The Balaban J connectivity index is 2.41. The van der Waals surface area contributed by atoms with Gasteiger partial charge >= 0.3 is 5.97 Å². The molecule has 1 aromatic carbocycles. The predicted molar refractivity (Wildman–Crippen MR) is 92.3 cm³/mol. The van der Waals surface area contributed by atoms with Gasteiger partial charge in [-0.1, -0.05) is 25.8 Å². The van der Waals surface area contributed by atoms with E-state index in [2.05, 4.69) is 9.46 Å². The molecule has 0 aliphatic heterocycles. The van der Waals surface area contributed by atoms with Crippen LogP contribution in [-0.4, -0.2) is 33.6 Å². The van der Waals surface area contributed by atoms with Crippen molar-refractivity contribution in [1.29, 1.82) is 0 Å². The summed E-state index contributed by atoms with van der Waals surface area (Å²) in [5.41, 5.74) is 6.10. The molecule has 134 valence electrons. The smallest absolute Gasteiger partial charge is 0.337 e. The lowest BCUT2D eigenvalue weighted by atomic mass is 9.74. The fourth-order valence-corrected chi connectivity index (χ4v) is 5.17. The van der Waals surface area contributed by atoms with Crippen LogP contribution < -0.4 is 10.5 Å². The lowest BCUT2D eigenvalue weighted by Crippen LogP contribution is -2.59. The molecule has 6 nitrogen and oxygen atoms in total. The van der Waals surface area contributed by atoms with Crippen molar-refractivity contribution in [3.63, 3.8) is 0 Å². The first-order chi connectivity index (χ1) is 11.3. The van der Waals surface area contributed by atoms with Crippen LogP contribution in [0.2, 0.25) is 0 Å². The summed E-state index contributed by atoms with van der Waals surface area (Å²) in [5, 5.41) is 0. The van der Waals surface area contributed by atoms with Crippen LogP contribution in [-0.2, 0) is 14.8 Å². The molecule has 0 heterocycles. The van der Waals surface area contributed by atoms with Crippen molar-refractivity contribution >= 4 is 16.0 Å². The molecule has 0 aromatic heterocycles. The first-order valence-corrected chi connectivity index (χ1v) is 9.67. The van der Waals surface area contributed by atoms with Crippen LogP contribution in [0, 0.1) is 12.8 Å². The van der Waals surface area contributed by atoms with Gasteiger partial charge in [-0.3, -0.25) is 0 Å². The summed E-state index contributed by atoms with van der Waals surface area (Å²) >= 11 is 0. The van der Waals surface area contributed by atoms with E-state index in [0.717, 1.165) is 25.7 Å². The van der Waals surface area contributed by atoms with Crippen LogP contribution in [0.15, 0.2) is 23.1 Å². The molecule has 0 radical (unpaired) electrons. The Bertz CT molecular complexity index is 717. The van der Waals surface area contributed by atoms with Gasteiger partial charge in [0, 0.05) is 12.1 Å². The Labute approximate surface area is 143 Å². The van der Waals surface area contributed by atoms with Gasteiger partial charge in [-0.25, -0.2) is 17.9 Å². The number of carbonyl (C=O) groups is 1. The van der Waals surface area contributed by atoms with E-state index in [4.69, 9.17) is 5.73 Å².